The molecule has 0 bridgehead atoms. The zero-order valence-corrected chi connectivity index (χ0v) is 14.0. The van der Waals surface area contributed by atoms with Crippen LogP contribution in [0.3, 0.4) is 0 Å². The van der Waals surface area contributed by atoms with Crippen molar-refractivity contribution in [1.29, 1.82) is 0 Å². The van der Waals surface area contributed by atoms with Crippen LogP contribution in [0.1, 0.15) is 83.1 Å². The van der Waals surface area contributed by atoms with Gasteiger partial charge >= 0.3 is 0 Å². The first-order valence-corrected chi connectivity index (χ1v) is 9.18. The van der Waals surface area contributed by atoms with Crippen molar-refractivity contribution in [2.45, 2.75) is 77.6 Å². The highest BCUT2D eigenvalue weighted by atomic mass is 15.3. The van der Waals surface area contributed by atoms with E-state index < -0.39 is 0 Å². The van der Waals surface area contributed by atoms with Crippen LogP contribution < -0.4 is 5.43 Å². The Balaban J connectivity index is 1.75. The van der Waals surface area contributed by atoms with Crippen LogP contribution in [0.15, 0.2) is 29.4 Å². The van der Waals surface area contributed by atoms with E-state index >= 15 is 0 Å². The third-order valence-electron chi connectivity index (χ3n) is 5.45. The Labute approximate surface area is 135 Å². The molecule has 0 atom stereocenters. The summed E-state index contributed by atoms with van der Waals surface area (Å²) in [6.45, 7) is 2.43. The summed E-state index contributed by atoms with van der Waals surface area (Å²) >= 11 is 0. The molecular formula is C20H29N2. The van der Waals surface area contributed by atoms with Crippen molar-refractivity contribution < 1.29 is 0 Å². The van der Waals surface area contributed by atoms with Crippen molar-refractivity contribution in [3.8, 4) is 0 Å². The molecule has 1 fully saturated rings. The van der Waals surface area contributed by atoms with E-state index in [1.54, 1.807) is 0 Å². The van der Waals surface area contributed by atoms with Gasteiger partial charge in [-0.05, 0) is 18.9 Å². The number of fused-ring (bicyclic) bond motifs is 1. The Morgan fingerprint density at radius 3 is 1.95 bits per heavy atom. The molecule has 0 aromatic heterocycles. The summed E-state index contributed by atoms with van der Waals surface area (Å²) in [7, 11) is 0. The van der Waals surface area contributed by atoms with E-state index in [1.807, 2.05) is 0 Å². The van der Waals surface area contributed by atoms with Crippen molar-refractivity contribution in [2.24, 2.45) is 10.5 Å². The fourth-order valence-electron chi connectivity index (χ4n) is 3.99. The highest BCUT2D eigenvalue weighted by Gasteiger charge is 2.35. The molecule has 2 nitrogen and oxygen atoms in total. The zero-order chi connectivity index (χ0) is 15.3. The van der Waals surface area contributed by atoms with Crippen molar-refractivity contribution in [2.75, 3.05) is 0 Å². The Morgan fingerprint density at radius 2 is 1.32 bits per heavy atom. The molecule has 1 aromatic rings. The SMILES string of the molecule is CC1(C2=N[N]c3ccccc32)CCCCCCCCCCC1. The summed E-state index contributed by atoms with van der Waals surface area (Å²) < 4.78 is 0. The maximum atomic E-state index is 4.61. The van der Waals surface area contributed by atoms with E-state index in [0.717, 1.165) is 5.69 Å². The molecule has 119 valence electrons. The number of rotatable bonds is 1. The highest BCUT2D eigenvalue weighted by Crippen LogP contribution is 2.40. The zero-order valence-electron chi connectivity index (χ0n) is 14.0. The lowest BCUT2D eigenvalue weighted by Gasteiger charge is -2.30. The maximum Gasteiger partial charge on any atom is 0.0948 e. The molecule has 0 N–H and O–H groups in total. The topological polar surface area (TPSA) is 26.5 Å². The molecule has 2 heteroatoms. The molecule has 0 amide bonds. The lowest BCUT2D eigenvalue weighted by atomic mass is 9.73. The molecule has 1 aliphatic carbocycles. The summed E-state index contributed by atoms with van der Waals surface area (Å²) in [5, 5.41) is 4.61. The van der Waals surface area contributed by atoms with Crippen LogP contribution in [0, 0.1) is 5.41 Å². The average molecular weight is 297 g/mol. The quantitative estimate of drug-likeness (QED) is 0.612. The van der Waals surface area contributed by atoms with Crippen LogP contribution in [0.25, 0.3) is 0 Å². The Kier molecular flexibility index (Phi) is 5.17. The molecule has 0 saturated heterocycles. The summed E-state index contributed by atoms with van der Waals surface area (Å²) in [5.41, 5.74) is 8.21. The van der Waals surface area contributed by atoms with Crippen LogP contribution in [0.4, 0.5) is 5.69 Å². The second-order valence-corrected chi connectivity index (χ2v) is 7.31. The number of hydrogen-bond donors (Lipinski definition) is 0. The first-order valence-electron chi connectivity index (χ1n) is 9.18. The summed E-state index contributed by atoms with van der Waals surface area (Å²) in [6.07, 6.45) is 15.0. The van der Waals surface area contributed by atoms with E-state index in [-0.39, 0.29) is 5.41 Å². The van der Waals surface area contributed by atoms with Crippen molar-refractivity contribution >= 4 is 11.4 Å². The van der Waals surface area contributed by atoms with E-state index in [4.69, 9.17) is 0 Å². The van der Waals surface area contributed by atoms with Gasteiger partial charge in [-0.25, -0.2) is 0 Å². The van der Waals surface area contributed by atoms with Crippen LogP contribution >= 0.6 is 0 Å². The normalized spacial score (nSPS) is 22.7. The molecule has 1 radical (unpaired) electrons. The minimum absolute atomic E-state index is 0.204. The molecule has 1 saturated carbocycles. The van der Waals surface area contributed by atoms with E-state index in [0.29, 0.717) is 0 Å². The second kappa shape index (κ2) is 7.30. The molecule has 0 spiro atoms. The standard InChI is InChI=1S/C20H29N2/c1-20(19-17-13-9-10-14-18(17)21-22-19)15-11-7-5-3-2-4-6-8-12-16-20/h9-10,13-14H,2-8,11-12,15-16H2,1H3. The van der Waals surface area contributed by atoms with E-state index in [2.05, 4.69) is 41.7 Å². The molecule has 2 aliphatic rings. The Morgan fingerprint density at radius 1 is 0.773 bits per heavy atom. The number of hydrogen-bond acceptors (Lipinski definition) is 1. The highest BCUT2D eigenvalue weighted by molar-refractivity contribution is 6.09. The predicted octanol–water partition coefficient (Wildman–Crippen LogP) is 5.95. The van der Waals surface area contributed by atoms with Crippen LogP contribution in [-0.2, 0) is 0 Å². The third kappa shape index (κ3) is 3.53. The molecular weight excluding hydrogens is 268 g/mol. The van der Waals surface area contributed by atoms with Crippen molar-refractivity contribution in [3.63, 3.8) is 0 Å². The lowest BCUT2D eigenvalue weighted by Crippen LogP contribution is -2.28. The van der Waals surface area contributed by atoms with Gasteiger partial charge < -0.3 is 0 Å². The van der Waals surface area contributed by atoms with Gasteiger partial charge in [-0.15, -0.1) is 0 Å². The fraction of sp³-hybridized carbons (Fsp3) is 0.650. The van der Waals surface area contributed by atoms with Gasteiger partial charge in [0.15, 0.2) is 0 Å². The van der Waals surface area contributed by atoms with Gasteiger partial charge in [0.1, 0.15) is 0 Å². The number of benzene rings is 1. The monoisotopic (exact) mass is 297 g/mol. The lowest BCUT2D eigenvalue weighted by molar-refractivity contribution is 0.350. The molecule has 1 aliphatic heterocycles. The van der Waals surface area contributed by atoms with Gasteiger partial charge in [0.25, 0.3) is 0 Å². The fourth-order valence-corrected chi connectivity index (χ4v) is 3.99. The minimum Gasteiger partial charge on any atom is -0.154 e. The van der Waals surface area contributed by atoms with E-state index in [9.17, 15) is 0 Å². The van der Waals surface area contributed by atoms with Crippen molar-refractivity contribution in [3.05, 3.63) is 29.8 Å². The Bertz CT molecular complexity index is 506. The average Bonchev–Trinajstić information content (AvgIpc) is 2.96. The molecule has 3 rings (SSSR count). The number of nitrogens with zero attached hydrogens (tertiary/aromatic N) is 2. The summed E-state index contributed by atoms with van der Waals surface area (Å²) in [6, 6.07) is 8.47. The smallest absolute Gasteiger partial charge is 0.0948 e. The second-order valence-electron chi connectivity index (χ2n) is 7.31. The van der Waals surface area contributed by atoms with Crippen LogP contribution in [0.2, 0.25) is 0 Å². The first-order chi connectivity index (χ1) is 10.8. The molecule has 1 aromatic carbocycles. The summed E-state index contributed by atoms with van der Waals surface area (Å²) in [5.74, 6) is 0. The van der Waals surface area contributed by atoms with Crippen LogP contribution in [0.5, 0.6) is 0 Å². The van der Waals surface area contributed by atoms with Gasteiger partial charge in [-0.1, -0.05) is 82.9 Å². The van der Waals surface area contributed by atoms with Gasteiger partial charge in [0, 0.05) is 11.0 Å². The van der Waals surface area contributed by atoms with E-state index in [1.165, 1.54) is 81.9 Å². The van der Waals surface area contributed by atoms with Gasteiger partial charge in [-0.2, -0.15) is 10.5 Å². The largest absolute Gasteiger partial charge is 0.154 e. The van der Waals surface area contributed by atoms with Gasteiger partial charge in [-0.3, -0.25) is 0 Å². The maximum absolute atomic E-state index is 4.61. The summed E-state index contributed by atoms with van der Waals surface area (Å²) in [4.78, 5) is 0. The Hall–Kier alpha value is -1.31. The van der Waals surface area contributed by atoms with Crippen LogP contribution in [-0.4, -0.2) is 5.71 Å². The minimum atomic E-state index is 0.204. The third-order valence-corrected chi connectivity index (χ3v) is 5.45. The molecule has 0 unspecified atom stereocenters. The molecule has 1 heterocycles. The van der Waals surface area contributed by atoms with Gasteiger partial charge in [0.05, 0.1) is 11.4 Å². The van der Waals surface area contributed by atoms with Gasteiger partial charge in [0.2, 0.25) is 0 Å². The first kappa shape index (κ1) is 15.6. The van der Waals surface area contributed by atoms with Crippen molar-refractivity contribution in [1.82, 2.24) is 5.43 Å². The predicted molar refractivity (Wildman–Crippen MR) is 93.7 cm³/mol. The molecule has 22 heavy (non-hydrogen) atoms.